The van der Waals surface area contributed by atoms with E-state index < -0.39 is 0 Å². The summed E-state index contributed by atoms with van der Waals surface area (Å²) in [6, 6.07) is 4.79. The van der Waals surface area contributed by atoms with Crippen molar-refractivity contribution in [2.75, 3.05) is 26.7 Å². The SMILES string of the molecule is CN=C(NCCc1c(F)cccc1Cl)N1CCC(C)(C)C1.I. The van der Waals surface area contributed by atoms with Crippen LogP contribution in [0.5, 0.6) is 0 Å². The highest BCUT2D eigenvalue weighted by molar-refractivity contribution is 14.0. The Hall–Kier alpha value is -0.560. The molecular formula is C16H24ClFIN3. The van der Waals surface area contributed by atoms with Crippen LogP contribution < -0.4 is 5.32 Å². The lowest BCUT2D eigenvalue weighted by molar-refractivity contribution is 0.370. The predicted octanol–water partition coefficient (Wildman–Crippen LogP) is 3.95. The van der Waals surface area contributed by atoms with Crippen LogP contribution in [0, 0.1) is 11.2 Å². The summed E-state index contributed by atoms with van der Waals surface area (Å²) in [5, 5.41) is 3.78. The molecule has 0 saturated carbocycles. The second-order valence-electron chi connectivity index (χ2n) is 6.26. The second-order valence-corrected chi connectivity index (χ2v) is 6.67. The monoisotopic (exact) mass is 439 g/mol. The summed E-state index contributed by atoms with van der Waals surface area (Å²) in [4.78, 5) is 6.57. The first-order valence-corrected chi connectivity index (χ1v) is 7.69. The van der Waals surface area contributed by atoms with Crippen LogP contribution in [-0.4, -0.2) is 37.5 Å². The van der Waals surface area contributed by atoms with Gasteiger partial charge in [-0.25, -0.2) is 4.39 Å². The zero-order chi connectivity index (χ0) is 15.5. The molecule has 1 aliphatic heterocycles. The Balaban J connectivity index is 0.00000242. The number of hydrogen-bond donors (Lipinski definition) is 1. The van der Waals surface area contributed by atoms with E-state index in [1.807, 2.05) is 0 Å². The van der Waals surface area contributed by atoms with Crippen molar-refractivity contribution in [3.8, 4) is 0 Å². The molecule has 0 unspecified atom stereocenters. The number of likely N-dealkylation sites (tertiary alicyclic amines) is 1. The van der Waals surface area contributed by atoms with Crippen molar-refractivity contribution in [3.05, 3.63) is 34.6 Å². The van der Waals surface area contributed by atoms with E-state index in [2.05, 4.69) is 29.1 Å². The number of halogens is 3. The van der Waals surface area contributed by atoms with E-state index >= 15 is 0 Å². The lowest BCUT2D eigenvalue weighted by Crippen LogP contribution is -2.41. The van der Waals surface area contributed by atoms with Crippen LogP contribution in [0.15, 0.2) is 23.2 Å². The van der Waals surface area contributed by atoms with Gasteiger partial charge in [0.05, 0.1) is 0 Å². The van der Waals surface area contributed by atoms with Gasteiger partial charge in [0.2, 0.25) is 0 Å². The van der Waals surface area contributed by atoms with Gasteiger partial charge in [0, 0.05) is 37.3 Å². The van der Waals surface area contributed by atoms with Gasteiger partial charge in [-0.3, -0.25) is 4.99 Å². The van der Waals surface area contributed by atoms with Gasteiger partial charge in [-0.15, -0.1) is 24.0 Å². The van der Waals surface area contributed by atoms with Crippen LogP contribution >= 0.6 is 35.6 Å². The maximum absolute atomic E-state index is 13.7. The number of rotatable bonds is 3. The third-order valence-electron chi connectivity index (χ3n) is 3.91. The summed E-state index contributed by atoms with van der Waals surface area (Å²) in [5.41, 5.74) is 0.885. The van der Waals surface area contributed by atoms with Crippen LogP contribution in [0.1, 0.15) is 25.8 Å². The fraction of sp³-hybridized carbons (Fsp3) is 0.562. The largest absolute Gasteiger partial charge is 0.356 e. The van der Waals surface area contributed by atoms with E-state index in [0.29, 0.717) is 29.0 Å². The van der Waals surface area contributed by atoms with Crippen LogP contribution in [0.3, 0.4) is 0 Å². The normalized spacial score (nSPS) is 17.3. The Morgan fingerprint density at radius 1 is 1.45 bits per heavy atom. The van der Waals surface area contributed by atoms with E-state index in [-0.39, 0.29) is 29.8 Å². The molecule has 0 aromatic heterocycles. The molecule has 1 fully saturated rings. The smallest absolute Gasteiger partial charge is 0.193 e. The van der Waals surface area contributed by atoms with E-state index in [4.69, 9.17) is 11.6 Å². The Morgan fingerprint density at radius 2 is 2.18 bits per heavy atom. The number of benzene rings is 1. The van der Waals surface area contributed by atoms with Crippen molar-refractivity contribution >= 4 is 41.5 Å². The lowest BCUT2D eigenvalue weighted by atomic mass is 9.93. The molecule has 124 valence electrons. The van der Waals surface area contributed by atoms with Gasteiger partial charge >= 0.3 is 0 Å². The van der Waals surface area contributed by atoms with Gasteiger partial charge in [0.25, 0.3) is 0 Å². The standard InChI is InChI=1S/C16H23ClFN3.HI/c1-16(2)8-10-21(11-16)15(19-3)20-9-7-12-13(17)5-4-6-14(12)18;/h4-6H,7-11H2,1-3H3,(H,19,20);1H. The number of nitrogens with zero attached hydrogens (tertiary/aromatic N) is 2. The molecular weight excluding hydrogens is 416 g/mol. The zero-order valence-corrected chi connectivity index (χ0v) is 16.4. The average molecular weight is 440 g/mol. The molecule has 2 rings (SSSR count). The predicted molar refractivity (Wildman–Crippen MR) is 102 cm³/mol. The van der Waals surface area contributed by atoms with Gasteiger partial charge < -0.3 is 10.2 Å². The summed E-state index contributed by atoms with van der Waals surface area (Å²) < 4.78 is 13.7. The molecule has 0 atom stereocenters. The first kappa shape index (κ1) is 19.5. The quantitative estimate of drug-likeness (QED) is 0.439. The molecule has 0 spiro atoms. The van der Waals surface area contributed by atoms with E-state index in [1.54, 1.807) is 19.2 Å². The second kappa shape index (κ2) is 8.34. The Morgan fingerprint density at radius 3 is 2.73 bits per heavy atom. The van der Waals surface area contributed by atoms with Crippen LogP contribution in [0.4, 0.5) is 4.39 Å². The van der Waals surface area contributed by atoms with E-state index in [9.17, 15) is 4.39 Å². The van der Waals surface area contributed by atoms with Crippen molar-refractivity contribution in [3.63, 3.8) is 0 Å². The minimum Gasteiger partial charge on any atom is -0.356 e. The zero-order valence-electron chi connectivity index (χ0n) is 13.3. The molecule has 1 N–H and O–H groups in total. The summed E-state index contributed by atoms with van der Waals surface area (Å²) in [6.07, 6.45) is 1.70. The Labute approximate surface area is 154 Å². The van der Waals surface area contributed by atoms with Crippen LogP contribution in [-0.2, 0) is 6.42 Å². The minimum absolute atomic E-state index is 0. The molecule has 6 heteroatoms. The van der Waals surface area contributed by atoms with Crippen molar-refractivity contribution in [1.29, 1.82) is 0 Å². The maximum Gasteiger partial charge on any atom is 0.193 e. The van der Waals surface area contributed by atoms with Gasteiger partial charge in [-0.1, -0.05) is 31.5 Å². The summed E-state index contributed by atoms with van der Waals surface area (Å²) in [7, 11) is 1.78. The number of guanidine groups is 1. The molecule has 1 heterocycles. The van der Waals surface area contributed by atoms with Gasteiger partial charge in [-0.2, -0.15) is 0 Å². The maximum atomic E-state index is 13.7. The molecule has 0 amide bonds. The molecule has 0 aliphatic carbocycles. The highest BCUT2D eigenvalue weighted by Crippen LogP contribution is 2.28. The van der Waals surface area contributed by atoms with Crippen LogP contribution in [0.25, 0.3) is 0 Å². The third-order valence-corrected chi connectivity index (χ3v) is 4.26. The Kier molecular flexibility index (Phi) is 7.38. The Bertz CT molecular complexity index is 514. The molecule has 1 saturated heterocycles. The van der Waals surface area contributed by atoms with E-state index in [0.717, 1.165) is 25.5 Å². The molecule has 3 nitrogen and oxygen atoms in total. The summed E-state index contributed by atoms with van der Waals surface area (Å²) in [6.45, 7) is 7.14. The fourth-order valence-corrected chi connectivity index (χ4v) is 2.95. The topological polar surface area (TPSA) is 27.6 Å². The highest BCUT2D eigenvalue weighted by Gasteiger charge is 2.30. The lowest BCUT2D eigenvalue weighted by Gasteiger charge is -2.23. The number of aliphatic imine (C=N–C) groups is 1. The van der Waals surface area contributed by atoms with Gasteiger partial charge in [0.15, 0.2) is 5.96 Å². The number of hydrogen-bond acceptors (Lipinski definition) is 1. The van der Waals surface area contributed by atoms with Crippen molar-refractivity contribution in [1.82, 2.24) is 10.2 Å². The molecule has 0 bridgehead atoms. The molecule has 1 aromatic carbocycles. The first-order valence-electron chi connectivity index (χ1n) is 7.31. The molecule has 1 aliphatic rings. The summed E-state index contributed by atoms with van der Waals surface area (Å²) in [5.74, 6) is 0.634. The fourth-order valence-electron chi connectivity index (χ4n) is 2.70. The van der Waals surface area contributed by atoms with Crippen molar-refractivity contribution < 1.29 is 4.39 Å². The average Bonchev–Trinajstić information content (AvgIpc) is 2.78. The number of nitrogens with one attached hydrogen (secondary N) is 1. The van der Waals surface area contributed by atoms with Crippen molar-refractivity contribution in [2.45, 2.75) is 26.7 Å². The van der Waals surface area contributed by atoms with Gasteiger partial charge in [-0.05, 0) is 30.4 Å². The minimum atomic E-state index is -0.249. The molecule has 0 radical (unpaired) electrons. The highest BCUT2D eigenvalue weighted by atomic mass is 127. The third kappa shape index (κ3) is 4.98. The van der Waals surface area contributed by atoms with E-state index in [1.165, 1.54) is 6.07 Å². The van der Waals surface area contributed by atoms with Crippen molar-refractivity contribution in [2.24, 2.45) is 10.4 Å². The molecule has 1 aromatic rings. The van der Waals surface area contributed by atoms with Crippen LogP contribution in [0.2, 0.25) is 5.02 Å². The summed E-state index contributed by atoms with van der Waals surface area (Å²) >= 11 is 6.03. The first-order chi connectivity index (χ1) is 9.93. The molecule has 22 heavy (non-hydrogen) atoms. The van der Waals surface area contributed by atoms with Gasteiger partial charge in [0.1, 0.15) is 5.82 Å².